The van der Waals surface area contributed by atoms with E-state index in [1.807, 2.05) is 0 Å². The first-order valence-electron chi connectivity index (χ1n) is 7.27. The molecule has 1 aliphatic rings. The number of hydrogen-bond acceptors (Lipinski definition) is 3. The Labute approximate surface area is 117 Å². The third-order valence-corrected chi connectivity index (χ3v) is 3.60. The van der Waals surface area contributed by atoms with Crippen LogP contribution in [0.5, 0.6) is 0 Å². The third kappa shape index (κ3) is 3.87. The van der Waals surface area contributed by atoms with Crippen molar-refractivity contribution in [1.82, 2.24) is 5.32 Å². The Kier molecular flexibility index (Phi) is 4.35. The highest BCUT2D eigenvalue weighted by atomic mass is 15.2. The number of anilines is 2. The number of nitrogens with zero attached hydrogens (tertiary/aromatic N) is 2. The Morgan fingerprint density at radius 1 is 1.11 bits per heavy atom. The molecule has 0 unspecified atom stereocenters. The molecule has 1 N–H and O–H groups in total. The molecule has 0 spiro atoms. The molecule has 1 aromatic carbocycles. The second-order valence-corrected chi connectivity index (χ2v) is 6.43. The Morgan fingerprint density at radius 2 is 1.79 bits per heavy atom. The van der Waals surface area contributed by atoms with E-state index in [2.05, 4.69) is 67.2 Å². The lowest BCUT2D eigenvalue weighted by Crippen LogP contribution is -2.41. The summed E-state index contributed by atoms with van der Waals surface area (Å²) in [5.41, 5.74) is 2.96. The molecule has 0 aliphatic carbocycles. The molecule has 0 bridgehead atoms. The fourth-order valence-corrected chi connectivity index (χ4v) is 2.53. The Bertz CT molecular complexity index is 409. The Hall–Kier alpha value is -1.22. The minimum atomic E-state index is 0.222. The summed E-state index contributed by atoms with van der Waals surface area (Å²) in [6.45, 7) is 11.1. The monoisotopic (exact) mass is 261 g/mol. The van der Waals surface area contributed by atoms with E-state index in [4.69, 9.17) is 0 Å². The zero-order chi connectivity index (χ0) is 13.9. The molecule has 0 radical (unpaired) electrons. The molecule has 0 fully saturated rings. The Morgan fingerprint density at radius 3 is 2.47 bits per heavy atom. The van der Waals surface area contributed by atoms with Crippen molar-refractivity contribution in [3.05, 3.63) is 24.3 Å². The third-order valence-electron chi connectivity index (χ3n) is 3.60. The first-order chi connectivity index (χ1) is 8.97. The van der Waals surface area contributed by atoms with Gasteiger partial charge < -0.3 is 15.1 Å². The van der Waals surface area contributed by atoms with Gasteiger partial charge in [-0.2, -0.15) is 0 Å². The van der Waals surface area contributed by atoms with Gasteiger partial charge in [-0.15, -0.1) is 0 Å². The first-order valence-corrected chi connectivity index (χ1v) is 7.27. The molecular weight excluding hydrogens is 234 g/mol. The number of fused-ring (bicyclic) bond motifs is 1. The van der Waals surface area contributed by atoms with Crippen molar-refractivity contribution in [2.45, 2.75) is 32.7 Å². The molecule has 1 heterocycles. The quantitative estimate of drug-likeness (QED) is 0.841. The maximum Gasteiger partial charge on any atom is 0.0604 e. The molecule has 0 saturated heterocycles. The smallest absolute Gasteiger partial charge is 0.0604 e. The van der Waals surface area contributed by atoms with E-state index in [-0.39, 0.29) is 5.54 Å². The maximum atomic E-state index is 3.56. The van der Waals surface area contributed by atoms with Crippen LogP contribution < -0.4 is 15.1 Å². The molecule has 1 aromatic rings. The minimum absolute atomic E-state index is 0.222. The largest absolute Gasteiger partial charge is 0.371 e. The summed E-state index contributed by atoms with van der Waals surface area (Å²) in [5, 5.41) is 3.56. The predicted octanol–water partition coefficient (Wildman–Crippen LogP) is 2.72. The van der Waals surface area contributed by atoms with Gasteiger partial charge in [-0.05, 0) is 45.9 Å². The fourth-order valence-electron chi connectivity index (χ4n) is 2.53. The minimum Gasteiger partial charge on any atom is -0.371 e. The van der Waals surface area contributed by atoms with Crippen LogP contribution in [0.25, 0.3) is 0 Å². The number of rotatable bonds is 4. The zero-order valence-electron chi connectivity index (χ0n) is 12.7. The van der Waals surface area contributed by atoms with Crippen LogP contribution >= 0.6 is 0 Å². The van der Waals surface area contributed by atoms with Gasteiger partial charge in [0.05, 0.1) is 11.4 Å². The molecule has 3 nitrogen and oxygen atoms in total. The summed E-state index contributed by atoms with van der Waals surface area (Å²) in [7, 11) is 2.18. The van der Waals surface area contributed by atoms with Gasteiger partial charge in [0, 0.05) is 32.2 Å². The average molecular weight is 261 g/mol. The van der Waals surface area contributed by atoms with Crippen molar-refractivity contribution >= 4 is 11.4 Å². The lowest BCUT2D eigenvalue weighted by Gasteiger charge is -2.37. The van der Waals surface area contributed by atoms with Gasteiger partial charge in [0.15, 0.2) is 0 Å². The van der Waals surface area contributed by atoms with E-state index in [1.165, 1.54) is 17.8 Å². The van der Waals surface area contributed by atoms with E-state index in [9.17, 15) is 0 Å². The second-order valence-electron chi connectivity index (χ2n) is 6.43. The highest BCUT2D eigenvalue weighted by Gasteiger charge is 2.19. The summed E-state index contributed by atoms with van der Waals surface area (Å²) in [6.07, 6.45) is 1.19. The van der Waals surface area contributed by atoms with E-state index in [0.29, 0.717) is 0 Å². The second kappa shape index (κ2) is 5.83. The van der Waals surface area contributed by atoms with Crippen LogP contribution in [-0.2, 0) is 0 Å². The fraction of sp³-hybridized carbons (Fsp3) is 0.625. The molecule has 3 heteroatoms. The van der Waals surface area contributed by atoms with Gasteiger partial charge in [-0.25, -0.2) is 0 Å². The molecule has 0 atom stereocenters. The lowest BCUT2D eigenvalue weighted by molar-refractivity contribution is 0.422. The average Bonchev–Trinajstić information content (AvgIpc) is 2.36. The van der Waals surface area contributed by atoms with Gasteiger partial charge in [0.25, 0.3) is 0 Å². The van der Waals surface area contributed by atoms with Crippen LogP contribution in [0.2, 0.25) is 0 Å². The number of nitrogens with one attached hydrogen (secondary N) is 1. The van der Waals surface area contributed by atoms with Crippen molar-refractivity contribution < 1.29 is 0 Å². The van der Waals surface area contributed by atoms with Crippen LogP contribution in [0, 0.1) is 0 Å². The molecule has 0 saturated carbocycles. The molecule has 19 heavy (non-hydrogen) atoms. The van der Waals surface area contributed by atoms with Gasteiger partial charge >= 0.3 is 0 Å². The van der Waals surface area contributed by atoms with Crippen LogP contribution in [-0.4, -0.2) is 38.8 Å². The van der Waals surface area contributed by atoms with Crippen LogP contribution in [0.1, 0.15) is 27.2 Å². The number of para-hydroxylation sites is 2. The summed E-state index contributed by atoms with van der Waals surface area (Å²) >= 11 is 0. The summed E-state index contributed by atoms with van der Waals surface area (Å²) in [5.74, 6) is 0. The normalized spacial score (nSPS) is 15.6. The topological polar surface area (TPSA) is 18.5 Å². The molecule has 0 aromatic heterocycles. The van der Waals surface area contributed by atoms with Gasteiger partial charge in [-0.3, -0.25) is 0 Å². The predicted molar refractivity (Wildman–Crippen MR) is 84.3 cm³/mol. The van der Waals surface area contributed by atoms with E-state index in [0.717, 1.165) is 26.2 Å². The van der Waals surface area contributed by atoms with E-state index >= 15 is 0 Å². The molecular formula is C16H27N3. The van der Waals surface area contributed by atoms with Crippen LogP contribution in [0.3, 0.4) is 0 Å². The van der Waals surface area contributed by atoms with Crippen molar-refractivity contribution in [2.75, 3.05) is 43.0 Å². The standard InChI is InChI=1S/C16H27N3/c1-16(2,3)17-10-7-11-19-13-12-18(4)14-8-5-6-9-15(14)19/h5-6,8-9,17H,7,10-13H2,1-4H3. The van der Waals surface area contributed by atoms with Crippen LogP contribution in [0.15, 0.2) is 24.3 Å². The van der Waals surface area contributed by atoms with E-state index in [1.54, 1.807) is 0 Å². The van der Waals surface area contributed by atoms with Crippen molar-refractivity contribution in [2.24, 2.45) is 0 Å². The number of likely N-dealkylation sites (N-methyl/N-ethyl adjacent to an activating group) is 1. The van der Waals surface area contributed by atoms with Gasteiger partial charge in [0.1, 0.15) is 0 Å². The summed E-state index contributed by atoms with van der Waals surface area (Å²) in [6, 6.07) is 8.72. The van der Waals surface area contributed by atoms with Gasteiger partial charge in [-0.1, -0.05) is 12.1 Å². The van der Waals surface area contributed by atoms with Crippen molar-refractivity contribution in [3.8, 4) is 0 Å². The summed E-state index contributed by atoms with van der Waals surface area (Å²) < 4.78 is 0. The highest BCUT2D eigenvalue weighted by Crippen LogP contribution is 2.31. The number of benzene rings is 1. The summed E-state index contributed by atoms with van der Waals surface area (Å²) in [4.78, 5) is 4.86. The first kappa shape index (κ1) is 14.2. The molecule has 106 valence electrons. The SMILES string of the molecule is CN1CCN(CCCNC(C)(C)C)c2ccccc21. The molecule has 2 rings (SSSR count). The highest BCUT2D eigenvalue weighted by molar-refractivity contribution is 5.72. The zero-order valence-corrected chi connectivity index (χ0v) is 12.7. The number of hydrogen-bond donors (Lipinski definition) is 1. The lowest BCUT2D eigenvalue weighted by atomic mass is 10.1. The van der Waals surface area contributed by atoms with Crippen molar-refractivity contribution in [1.29, 1.82) is 0 Å². The van der Waals surface area contributed by atoms with Crippen molar-refractivity contribution in [3.63, 3.8) is 0 Å². The van der Waals surface area contributed by atoms with Gasteiger partial charge in [0.2, 0.25) is 0 Å². The van der Waals surface area contributed by atoms with Crippen LogP contribution in [0.4, 0.5) is 11.4 Å². The molecule has 0 amide bonds. The maximum absolute atomic E-state index is 3.56. The Balaban J connectivity index is 1.90. The van der Waals surface area contributed by atoms with E-state index < -0.39 is 0 Å². The molecule has 1 aliphatic heterocycles.